The van der Waals surface area contributed by atoms with Gasteiger partial charge in [-0.1, -0.05) is 26.2 Å². The van der Waals surface area contributed by atoms with E-state index in [1.807, 2.05) is 0 Å². The second kappa shape index (κ2) is 4.96. The number of aliphatic carboxylic acids is 1. The zero-order valence-electron chi connectivity index (χ0n) is 8.98. The van der Waals surface area contributed by atoms with Crippen LogP contribution in [0.5, 0.6) is 0 Å². The fourth-order valence-electron chi connectivity index (χ4n) is 2.26. The minimum absolute atomic E-state index is 0.0829. The predicted octanol–water partition coefficient (Wildman–Crippen LogP) is 1.45. The summed E-state index contributed by atoms with van der Waals surface area (Å²) in [6.07, 6.45) is 4.46. The quantitative estimate of drug-likeness (QED) is 0.799. The van der Waals surface area contributed by atoms with Crippen LogP contribution in [0.25, 0.3) is 0 Å². The van der Waals surface area contributed by atoms with Crippen molar-refractivity contribution in [1.29, 1.82) is 0 Å². The lowest BCUT2D eigenvalue weighted by Crippen LogP contribution is -2.39. The molecule has 0 aromatic carbocycles. The summed E-state index contributed by atoms with van der Waals surface area (Å²) in [5.41, 5.74) is 0. The summed E-state index contributed by atoms with van der Waals surface area (Å²) in [5.74, 6) is -1.44. The van der Waals surface area contributed by atoms with Crippen molar-refractivity contribution in [2.24, 2.45) is 5.92 Å². The van der Waals surface area contributed by atoms with Crippen LogP contribution in [0.3, 0.4) is 0 Å². The second-order valence-corrected chi connectivity index (χ2v) is 6.52. The van der Waals surface area contributed by atoms with E-state index < -0.39 is 21.1 Å². The molecule has 1 rings (SSSR count). The van der Waals surface area contributed by atoms with E-state index in [0.29, 0.717) is 0 Å². The molecule has 0 aliphatic heterocycles. The van der Waals surface area contributed by atoms with Crippen molar-refractivity contribution in [3.05, 3.63) is 0 Å². The summed E-state index contributed by atoms with van der Waals surface area (Å²) in [5, 5.41) is 7.84. The Morgan fingerprint density at radius 1 is 1.33 bits per heavy atom. The molecule has 0 unspecified atom stereocenters. The molecule has 1 N–H and O–H groups in total. The van der Waals surface area contributed by atoms with E-state index in [9.17, 15) is 13.2 Å². The topological polar surface area (TPSA) is 71.4 Å². The van der Waals surface area contributed by atoms with E-state index in [2.05, 4.69) is 0 Å². The van der Waals surface area contributed by atoms with Crippen LogP contribution in [0.4, 0.5) is 0 Å². The molecule has 1 atom stereocenters. The molecule has 1 saturated carbocycles. The van der Waals surface area contributed by atoms with Crippen LogP contribution in [-0.2, 0) is 14.6 Å². The molecule has 5 heteroatoms. The lowest BCUT2D eigenvalue weighted by atomic mass is 9.87. The molecule has 1 aliphatic rings. The Bertz CT molecular complexity index is 314. The molecular formula is C10H18O4S. The summed E-state index contributed by atoms with van der Waals surface area (Å²) < 4.78 is 23.3. The van der Waals surface area contributed by atoms with E-state index in [1.54, 1.807) is 0 Å². The maximum Gasteiger partial charge on any atom is 0.322 e. The van der Waals surface area contributed by atoms with E-state index in [-0.39, 0.29) is 11.7 Å². The van der Waals surface area contributed by atoms with Gasteiger partial charge in [0.05, 0.1) is 0 Å². The molecule has 88 valence electrons. The van der Waals surface area contributed by atoms with E-state index >= 15 is 0 Å². The van der Waals surface area contributed by atoms with Crippen LogP contribution in [0.15, 0.2) is 0 Å². The summed E-state index contributed by atoms with van der Waals surface area (Å²) >= 11 is 0. The Kier molecular flexibility index (Phi) is 4.13. The average Bonchev–Trinajstić information content (AvgIpc) is 2.18. The molecule has 1 fully saturated rings. The molecule has 0 saturated heterocycles. The number of carbonyl (C=O) groups is 1. The minimum atomic E-state index is -3.46. The third-order valence-corrected chi connectivity index (χ3v) is 5.28. The zero-order valence-corrected chi connectivity index (χ0v) is 9.79. The molecule has 0 radical (unpaired) electrons. The van der Waals surface area contributed by atoms with Crippen LogP contribution in [0, 0.1) is 5.92 Å². The molecule has 0 bridgehead atoms. The fraction of sp³-hybridized carbons (Fsp3) is 0.900. The highest BCUT2D eigenvalue weighted by molar-refractivity contribution is 7.92. The van der Waals surface area contributed by atoms with E-state index in [0.717, 1.165) is 32.1 Å². The molecule has 0 heterocycles. The summed E-state index contributed by atoms with van der Waals surface area (Å²) in [4.78, 5) is 11.0. The van der Waals surface area contributed by atoms with Gasteiger partial charge in [-0.25, -0.2) is 8.42 Å². The van der Waals surface area contributed by atoms with Crippen molar-refractivity contribution in [2.75, 3.05) is 5.75 Å². The summed E-state index contributed by atoms with van der Waals surface area (Å²) in [7, 11) is -3.46. The predicted molar refractivity (Wildman–Crippen MR) is 57.5 cm³/mol. The number of rotatable bonds is 4. The first kappa shape index (κ1) is 12.5. The number of sulfone groups is 1. The van der Waals surface area contributed by atoms with Crippen LogP contribution in [-0.4, -0.2) is 30.5 Å². The lowest BCUT2D eigenvalue weighted by molar-refractivity contribution is -0.137. The van der Waals surface area contributed by atoms with Crippen LogP contribution >= 0.6 is 0 Å². The third kappa shape index (κ3) is 2.93. The van der Waals surface area contributed by atoms with Crippen molar-refractivity contribution in [3.8, 4) is 0 Å². The van der Waals surface area contributed by atoms with Gasteiger partial charge in [0.25, 0.3) is 0 Å². The van der Waals surface area contributed by atoms with Crippen LogP contribution in [0.2, 0.25) is 0 Å². The van der Waals surface area contributed by atoms with Crippen molar-refractivity contribution in [3.63, 3.8) is 0 Å². The number of carboxylic acid groups (broad SMARTS) is 1. The van der Waals surface area contributed by atoms with Crippen LogP contribution in [0.1, 0.15) is 39.0 Å². The number of hydrogen-bond donors (Lipinski definition) is 1. The van der Waals surface area contributed by atoms with Gasteiger partial charge in [0.15, 0.2) is 15.1 Å². The first-order valence-corrected chi connectivity index (χ1v) is 7.15. The maximum absolute atomic E-state index is 11.7. The third-order valence-electron chi connectivity index (χ3n) is 3.11. The molecule has 0 amide bonds. The van der Waals surface area contributed by atoms with Gasteiger partial charge in [-0.3, -0.25) is 4.79 Å². The highest BCUT2D eigenvalue weighted by Crippen LogP contribution is 2.30. The van der Waals surface area contributed by atoms with Gasteiger partial charge >= 0.3 is 5.97 Å². The minimum Gasteiger partial charge on any atom is -0.480 e. The fourth-order valence-corrected chi connectivity index (χ4v) is 3.79. The van der Waals surface area contributed by atoms with Crippen molar-refractivity contribution >= 4 is 15.8 Å². The van der Waals surface area contributed by atoms with Crippen LogP contribution < -0.4 is 0 Å². The number of hydrogen-bond acceptors (Lipinski definition) is 3. The summed E-state index contributed by atoms with van der Waals surface area (Å²) in [6.45, 7) is 1.51. The molecule has 4 nitrogen and oxygen atoms in total. The Balaban J connectivity index is 2.87. The molecule has 15 heavy (non-hydrogen) atoms. The van der Waals surface area contributed by atoms with Gasteiger partial charge in [-0.05, 0) is 18.8 Å². The van der Waals surface area contributed by atoms with Gasteiger partial charge < -0.3 is 5.11 Å². The van der Waals surface area contributed by atoms with E-state index in [4.69, 9.17) is 5.11 Å². The van der Waals surface area contributed by atoms with Crippen molar-refractivity contribution < 1.29 is 18.3 Å². The first-order valence-electron chi connectivity index (χ1n) is 5.43. The largest absolute Gasteiger partial charge is 0.480 e. The van der Waals surface area contributed by atoms with Gasteiger partial charge in [-0.2, -0.15) is 0 Å². The SMILES string of the molecule is CCS(=O)(=O)[C@H](C(=O)O)C1CCCCC1. The maximum atomic E-state index is 11.7. The molecule has 0 spiro atoms. The molecule has 1 aliphatic carbocycles. The monoisotopic (exact) mass is 234 g/mol. The van der Waals surface area contributed by atoms with Gasteiger partial charge in [0, 0.05) is 5.75 Å². The smallest absolute Gasteiger partial charge is 0.322 e. The van der Waals surface area contributed by atoms with Gasteiger partial charge in [0.1, 0.15) is 0 Å². The number of carboxylic acids is 1. The Labute approximate surface area is 90.6 Å². The Morgan fingerprint density at radius 2 is 1.87 bits per heavy atom. The Morgan fingerprint density at radius 3 is 2.27 bits per heavy atom. The Hall–Kier alpha value is -0.580. The zero-order chi connectivity index (χ0) is 11.5. The average molecular weight is 234 g/mol. The highest BCUT2D eigenvalue weighted by Gasteiger charge is 2.38. The normalized spacial score (nSPS) is 21.1. The van der Waals surface area contributed by atoms with Gasteiger partial charge in [-0.15, -0.1) is 0 Å². The van der Waals surface area contributed by atoms with Crippen molar-refractivity contribution in [2.45, 2.75) is 44.3 Å². The highest BCUT2D eigenvalue weighted by atomic mass is 32.2. The molecule has 0 aromatic heterocycles. The lowest BCUT2D eigenvalue weighted by Gasteiger charge is -2.26. The molecular weight excluding hydrogens is 216 g/mol. The second-order valence-electron chi connectivity index (χ2n) is 4.11. The molecule has 0 aromatic rings. The summed E-state index contributed by atoms with van der Waals surface area (Å²) in [6, 6.07) is 0. The van der Waals surface area contributed by atoms with Crippen molar-refractivity contribution in [1.82, 2.24) is 0 Å². The first-order chi connectivity index (χ1) is 6.99. The van der Waals surface area contributed by atoms with E-state index in [1.165, 1.54) is 6.92 Å². The standard InChI is InChI=1S/C10H18O4S/c1-2-15(13,14)9(10(11)12)8-6-4-3-5-7-8/h8-9H,2-7H2,1H3,(H,11,12)/t9-/m0/s1. The van der Waals surface area contributed by atoms with Gasteiger partial charge in [0.2, 0.25) is 0 Å².